The average molecular weight is 181 g/mol. The van der Waals surface area contributed by atoms with Gasteiger partial charge in [0.1, 0.15) is 4.99 Å². The summed E-state index contributed by atoms with van der Waals surface area (Å²) in [6, 6.07) is 5.11. The maximum atomic E-state index is 8.21. The lowest BCUT2D eigenvalue weighted by Gasteiger charge is -1.96. The van der Waals surface area contributed by atoms with E-state index < -0.39 is 0 Å². The minimum Gasteiger partial charge on any atom is -0.411 e. The topological polar surface area (TPSA) is 71.5 Å². The summed E-state index contributed by atoms with van der Waals surface area (Å²) in [5.41, 5.74) is 6.37. The Kier molecular flexibility index (Phi) is 2.71. The normalized spacial score (nSPS) is 10.3. The maximum Gasteiger partial charge on any atom is 0.122 e. The summed E-state index contributed by atoms with van der Waals surface area (Å²) in [6.45, 7) is 0. The predicted octanol–water partition coefficient (Wildman–Crippen LogP) is 0.524. The largest absolute Gasteiger partial charge is 0.411 e. The second-order valence-electron chi connectivity index (χ2n) is 2.06. The van der Waals surface area contributed by atoms with Crippen LogP contribution in [-0.2, 0) is 0 Å². The molecule has 62 valence electrons. The second-order valence-corrected chi connectivity index (χ2v) is 2.50. The van der Waals surface area contributed by atoms with Gasteiger partial charge in [-0.3, -0.25) is 0 Å². The highest BCUT2D eigenvalue weighted by molar-refractivity contribution is 7.80. The third kappa shape index (κ3) is 2.00. The molecule has 0 spiro atoms. The molecule has 0 aliphatic carbocycles. The Morgan fingerprint density at radius 3 is 3.00 bits per heavy atom. The maximum absolute atomic E-state index is 8.21. The van der Waals surface area contributed by atoms with Gasteiger partial charge >= 0.3 is 0 Å². The Morgan fingerprint density at radius 1 is 1.67 bits per heavy atom. The zero-order valence-corrected chi connectivity index (χ0v) is 6.95. The number of aromatic nitrogens is 1. The lowest BCUT2D eigenvalue weighted by molar-refractivity contribution is 0.321. The van der Waals surface area contributed by atoms with Gasteiger partial charge in [0.25, 0.3) is 0 Å². The third-order valence-corrected chi connectivity index (χ3v) is 1.42. The van der Waals surface area contributed by atoms with Gasteiger partial charge in [-0.05, 0) is 12.1 Å². The van der Waals surface area contributed by atoms with E-state index in [9.17, 15) is 0 Å². The highest BCUT2D eigenvalue weighted by Gasteiger charge is 1.97. The lowest BCUT2D eigenvalue weighted by atomic mass is 10.3. The van der Waals surface area contributed by atoms with Gasteiger partial charge in [0, 0.05) is 0 Å². The van der Waals surface area contributed by atoms with Crippen LogP contribution in [0, 0.1) is 0 Å². The molecule has 1 aromatic rings. The molecule has 12 heavy (non-hydrogen) atoms. The molecule has 3 N–H and O–H groups in total. The van der Waals surface area contributed by atoms with Crippen LogP contribution in [0.5, 0.6) is 0 Å². The molecule has 0 aromatic carbocycles. The predicted molar refractivity (Wildman–Crippen MR) is 49.5 cm³/mol. The summed E-state index contributed by atoms with van der Waals surface area (Å²) in [5.74, 6) is 0. The Bertz CT molecular complexity index is 324. The van der Waals surface area contributed by atoms with Crippen molar-refractivity contribution in [3.05, 3.63) is 29.6 Å². The molecule has 0 amide bonds. The van der Waals surface area contributed by atoms with Crippen LogP contribution in [0.1, 0.15) is 11.4 Å². The molecule has 1 aromatic heterocycles. The summed E-state index contributed by atoms with van der Waals surface area (Å²) < 4.78 is 0. The summed E-state index contributed by atoms with van der Waals surface area (Å²) >= 11 is 4.71. The van der Waals surface area contributed by atoms with E-state index in [1.807, 2.05) is 0 Å². The fourth-order valence-electron chi connectivity index (χ4n) is 0.720. The number of thiocarbonyl (C=S) groups is 1. The summed E-state index contributed by atoms with van der Waals surface area (Å²) in [7, 11) is 0. The molecule has 0 unspecified atom stereocenters. The molecule has 0 aliphatic rings. The van der Waals surface area contributed by atoms with Crippen LogP contribution < -0.4 is 5.73 Å². The number of nitrogens with two attached hydrogens (primary N) is 1. The van der Waals surface area contributed by atoms with Crippen LogP contribution in [0.3, 0.4) is 0 Å². The van der Waals surface area contributed by atoms with Crippen molar-refractivity contribution in [3.8, 4) is 0 Å². The van der Waals surface area contributed by atoms with Gasteiger partial charge in [-0.1, -0.05) is 23.4 Å². The van der Waals surface area contributed by atoms with Gasteiger partial charge in [0.2, 0.25) is 0 Å². The van der Waals surface area contributed by atoms with Crippen molar-refractivity contribution in [2.45, 2.75) is 0 Å². The molecule has 0 bridgehead atoms. The van der Waals surface area contributed by atoms with Crippen molar-refractivity contribution < 1.29 is 5.21 Å². The van der Waals surface area contributed by atoms with E-state index in [0.717, 1.165) is 0 Å². The first-order valence-electron chi connectivity index (χ1n) is 3.18. The first-order chi connectivity index (χ1) is 5.74. The number of oxime groups is 1. The SMILES string of the molecule is NC(=S)c1cccc(/C=N/O)n1. The van der Waals surface area contributed by atoms with Crippen LogP contribution in [0.15, 0.2) is 23.4 Å². The molecule has 1 heterocycles. The van der Waals surface area contributed by atoms with Crippen LogP contribution in [0.25, 0.3) is 0 Å². The monoisotopic (exact) mass is 181 g/mol. The van der Waals surface area contributed by atoms with Gasteiger partial charge < -0.3 is 10.9 Å². The van der Waals surface area contributed by atoms with Crippen LogP contribution in [-0.4, -0.2) is 21.4 Å². The lowest BCUT2D eigenvalue weighted by Crippen LogP contribution is -2.12. The summed E-state index contributed by atoms with van der Waals surface area (Å²) in [6.07, 6.45) is 1.21. The molecule has 0 atom stereocenters. The number of hydrogen-bond acceptors (Lipinski definition) is 4. The Labute approximate surface area is 74.7 Å². The number of rotatable bonds is 2. The zero-order valence-electron chi connectivity index (χ0n) is 6.14. The smallest absolute Gasteiger partial charge is 0.122 e. The quantitative estimate of drug-likeness (QED) is 0.302. The van der Waals surface area contributed by atoms with Gasteiger partial charge in [-0.25, -0.2) is 4.98 Å². The Hall–Kier alpha value is -1.49. The van der Waals surface area contributed by atoms with Gasteiger partial charge in [-0.15, -0.1) is 0 Å². The molecule has 0 radical (unpaired) electrons. The van der Waals surface area contributed by atoms with Crippen LogP contribution in [0.2, 0.25) is 0 Å². The molecule has 4 nitrogen and oxygen atoms in total. The van der Waals surface area contributed by atoms with Crippen molar-refractivity contribution >= 4 is 23.4 Å². The van der Waals surface area contributed by atoms with Gasteiger partial charge in [0.15, 0.2) is 0 Å². The molecule has 1 rings (SSSR count). The first kappa shape index (κ1) is 8.61. The molecular weight excluding hydrogens is 174 g/mol. The molecule has 0 saturated carbocycles. The Morgan fingerprint density at radius 2 is 2.42 bits per heavy atom. The van der Waals surface area contributed by atoms with Crippen LogP contribution >= 0.6 is 12.2 Å². The number of nitrogens with zero attached hydrogens (tertiary/aromatic N) is 2. The zero-order chi connectivity index (χ0) is 8.97. The highest BCUT2D eigenvalue weighted by atomic mass is 32.1. The molecule has 0 fully saturated rings. The van der Waals surface area contributed by atoms with E-state index in [1.54, 1.807) is 18.2 Å². The molecule has 5 heteroatoms. The van der Waals surface area contributed by atoms with Crippen LogP contribution in [0.4, 0.5) is 0 Å². The van der Waals surface area contributed by atoms with E-state index >= 15 is 0 Å². The van der Waals surface area contributed by atoms with Crippen molar-refractivity contribution in [2.24, 2.45) is 10.9 Å². The van der Waals surface area contributed by atoms with E-state index in [0.29, 0.717) is 11.4 Å². The van der Waals surface area contributed by atoms with Gasteiger partial charge in [0.05, 0.1) is 17.6 Å². The highest BCUT2D eigenvalue weighted by Crippen LogP contribution is 1.96. The van der Waals surface area contributed by atoms with Crippen molar-refractivity contribution in [3.63, 3.8) is 0 Å². The molecule has 0 aliphatic heterocycles. The fraction of sp³-hybridized carbons (Fsp3) is 0. The summed E-state index contributed by atoms with van der Waals surface area (Å²) in [5, 5.41) is 11.0. The first-order valence-corrected chi connectivity index (χ1v) is 3.59. The van der Waals surface area contributed by atoms with Crippen molar-refractivity contribution in [2.75, 3.05) is 0 Å². The van der Waals surface area contributed by atoms with E-state index in [-0.39, 0.29) is 4.99 Å². The van der Waals surface area contributed by atoms with E-state index in [1.165, 1.54) is 6.21 Å². The van der Waals surface area contributed by atoms with Gasteiger partial charge in [-0.2, -0.15) is 0 Å². The minimum atomic E-state index is 0.225. The molecular formula is C7H7N3OS. The second kappa shape index (κ2) is 3.77. The van der Waals surface area contributed by atoms with E-state index in [4.69, 9.17) is 23.2 Å². The summed E-state index contributed by atoms with van der Waals surface area (Å²) in [4.78, 5) is 4.21. The average Bonchev–Trinajstić information content (AvgIpc) is 2.05. The fourth-order valence-corrected chi connectivity index (χ4v) is 0.833. The Balaban J connectivity index is 3.03. The van der Waals surface area contributed by atoms with E-state index in [2.05, 4.69) is 10.1 Å². The number of pyridine rings is 1. The minimum absolute atomic E-state index is 0.225. The van der Waals surface area contributed by atoms with Crippen molar-refractivity contribution in [1.82, 2.24) is 4.98 Å². The number of hydrogen-bond donors (Lipinski definition) is 2. The molecule has 0 saturated heterocycles. The standard InChI is InChI=1S/C7H7N3OS/c8-7(12)6-3-1-2-5(10-6)4-9-11/h1-4,11H,(H2,8,12)/b9-4+. The van der Waals surface area contributed by atoms with Crippen molar-refractivity contribution in [1.29, 1.82) is 0 Å². The third-order valence-electron chi connectivity index (χ3n) is 1.21.